The lowest BCUT2D eigenvalue weighted by molar-refractivity contribution is 0.247. The number of hydrogen-bond acceptors (Lipinski definition) is 5. The Balaban J connectivity index is 1.46. The van der Waals surface area contributed by atoms with E-state index in [1.54, 1.807) is 10.5 Å². The molecule has 0 radical (unpaired) electrons. The molecule has 0 spiro atoms. The van der Waals surface area contributed by atoms with Gasteiger partial charge in [-0.05, 0) is 31.5 Å². The minimum absolute atomic E-state index is 0.0111. The molecule has 1 aliphatic heterocycles. The normalized spacial score (nSPS) is 15.7. The molecule has 0 amide bonds. The number of benzene rings is 1. The molecule has 1 aliphatic rings. The van der Waals surface area contributed by atoms with Gasteiger partial charge in [0.25, 0.3) is 5.56 Å². The second kappa shape index (κ2) is 7.02. The first-order valence-electron chi connectivity index (χ1n) is 8.71. The Hall–Kier alpha value is -1.89. The third-order valence-electron chi connectivity index (χ3n) is 4.90. The predicted molar refractivity (Wildman–Crippen MR) is 108 cm³/mol. The van der Waals surface area contributed by atoms with E-state index in [0.717, 1.165) is 47.6 Å². The van der Waals surface area contributed by atoms with Crippen molar-refractivity contribution in [3.05, 3.63) is 62.0 Å². The van der Waals surface area contributed by atoms with Crippen molar-refractivity contribution >= 4 is 33.6 Å². The summed E-state index contributed by atoms with van der Waals surface area (Å²) in [6.07, 6.45) is 0. The summed E-state index contributed by atoms with van der Waals surface area (Å²) in [5, 5.41) is 2.75. The standard InChI is InChI=1S/C19H21ClN4OS/c1-13-3-4-15(20)9-17(13)23-7-5-22(6-8-23)11-16-10-18(25)24-14(2)12-26-19(24)21-16/h3-4,9-10,12H,5-8,11H2,1-2H3. The summed E-state index contributed by atoms with van der Waals surface area (Å²) in [5.74, 6) is 0. The molecule has 3 aromatic rings. The molecular formula is C19H21ClN4OS. The summed E-state index contributed by atoms with van der Waals surface area (Å²) in [5.41, 5.74) is 4.26. The van der Waals surface area contributed by atoms with E-state index in [9.17, 15) is 4.79 Å². The van der Waals surface area contributed by atoms with Gasteiger partial charge >= 0.3 is 0 Å². The lowest BCUT2D eigenvalue weighted by atomic mass is 10.1. The summed E-state index contributed by atoms with van der Waals surface area (Å²) in [6, 6.07) is 7.71. The van der Waals surface area contributed by atoms with Gasteiger partial charge < -0.3 is 4.90 Å². The Labute approximate surface area is 161 Å². The first-order chi connectivity index (χ1) is 12.5. The highest BCUT2D eigenvalue weighted by molar-refractivity contribution is 7.15. The molecule has 136 valence electrons. The fourth-order valence-corrected chi connectivity index (χ4v) is 4.54. The van der Waals surface area contributed by atoms with Crippen molar-refractivity contribution in [2.24, 2.45) is 0 Å². The summed E-state index contributed by atoms with van der Waals surface area (Å²) in [7, 11) is 0. The van der Waals surface area contributed by atoms with Crippen LogP contribution in [0.5, 0.6) is 0 Å². The second-order valence-electron chi connectivity index (χ2n) is 6.77. The third kappa shape index (κ3) is 3.37. The van der Waals surface area contributed by atoms with E-state index >= 15 is 0 Å². The monoisotopic (exact) mass is 388 g/mol. The van der Waals surface area contributed by atoms with Gasteiger partial charge in [-0.3, -0.25) is 14.1 Å². The van der Waals surface area contributed by atoms with Crippen molar-refractivity contribution in [2.75, 3.05) is 31.1 Å². The fourth-order valence-electron chi connectivity index (χ4n) is 3.48. The number of piperazine rings is 1. The van der Waals surface area contributed by atoms with E-state index in [2.05, 4.69) is 27.8 Å². The molecule has 26 heavy (non-hydrogen) atoms. The number of halogens is 1. The molecule has 0 atom stereocenters. The maximum absolute atomic E-state index is 12.3. The van der Waals surface area contributed by atoms with Crippen molar-refractivity contribution in [3.63, 3.8) is 0 Å². The first kappa shape index (κ1) is 17.5. The van der Waals surface area contributed by atoms with Crippen molar-refractivity contribution in [1.29, 1.82) is 0 Å². The molecule has 2 aromatic heterocycles. The van der Waals surface area contributed by atoms with E-state index in [4.69, 9.17) is 11.6 Å². The molecule has 0 bridgehead atoms. The number of rotatable bonds is 3. The van der Waals surface area contributed by atoms with Crippen LogP contribution in [0.15, 0.2) is 34.4 Å². The molecular weight excluding hydrogens is 368 g/mol. The Morgan fingerprint density at radius 1 is 1.15 bits per heavy atom. The maximum Gasteiger partial charge on any atom is 0.259 e. The van der Waals surface area contributed by atoms with Crippen LogP contribution in [0.3, 0.4) is 0 Å². The van der Waals surface area contributed by atoms with Crippen LogP contribution in [0, 0.1) is 13.8 Å². The average molecular weight is 389 g/mol. The smallest absolute Gasteiger partial charge is 0.259 e. The van der Waals surface area contributed by atoms with Crippen LogP contribution in [0.25, 0.3) is 4.96 Å². The zero-order chi connectivity index (χ0) is 18.3. The lowest BCUT2D eigenvalue weighted by Crippen LogP contribution is -2.46. The topological polar surface area (TPSA) is 40.9 Å². The third-order valence-corrected chi connectivity index (χ3v) is 6.08. The molecule has 4 rings (SSSR count). The first-order valence-corrected chi connectivity index (χ1v) is 9.97. The zero-order valence-electron chi connectivity index (χ0n) is 14.9. The Morgan fingerprint density at radius 2 is 1.92 bits per heavy atom. The zero-order valence-corrected chi connectivity index (χ0v) is 16.5. The van der Waals surface area contributed by atoms with Crippen LogP contribution in [0.1, 0.15) is 17.0 Å². The molecule has 0 N–H and O–H groups in total. The molecule has 0 saturated carbocycles. The maximum atomic E-state index is 12.3. The number of aromatic nitrogens is 2. The van der Waals surface area contributed by atoms with Crippen LogP contribution < -0.4 is 10.5 Å². The number of hydrogen-bond donors (Lipinski definition) is 0. The minimum Gasteiger partial charge on any atom is -0.369 e. The van der Waals surface area contributed by atoms with E-state index in [0.29, 0.717) is 6.54 Å². The number of aryl methyl sites for hydroxylation is 2. The van der Waals surface area contributed by atoms with Gasteiger partial charge in [-0.15, -0.1) is 11.3 Å². The highest BCUT2D eigenvalue weighted by atomic mass is 35.5. The molecule has 1 saturated heterocycles. The van der Waals surface area contributed by atoms with Crippen molar-refractivity contribution in [1.82, 2.24) is 14.3 Å². The van der Waals surface area contributed by atoms with Crippen LogP contribution in [0.2, 0.25) is 5.02 Å². The van der Waals surface area contributed by atoms with Gasteiger partial charge in [0.15, 0.2) is 4.96 Å². The van der Waals surface area contributed by atoms with Gasteiger partial charge in [-0.25, -0.2) is 4.98 Å². The lowest BCUT2D eigenvalue weighted by Gasteiger charge is -2.36. The van der Waals surface area contributed by atoms with Gasteiger partial charge in [0.2, 0.25) is 0 Å². The Kier molecular flexibility index (Phi) is 4.73. The van der Waals surface area contributed by atoms with Crippen LogP contribution >= 0.6 is 22.9 Å². The molecule has 5 nitrogen and oxygen atoms in total. The average Bonchev–Trinajstić information content (AvgIpc) is 2.99. The molecule has 3 heterocycles. The Morgan fingerprint density at radius 3 is 2.69 bits per heavy atom. The van der Waals surface area contributed by atoms with Crippen LogP contribution in [-0.4, -0.2) is 40.5 Å². The molecule has 0 aliphatic carbocycles. The van der Waals surface area contributed by atoms with E-state index in [1.165, 1.54) is 22.6 Å². The molecule has 1 aromatic carbocycles. The minimum atomic E-state index is 0.0111. The quantitative estimate of drug-likeness (QED) is 0.690. The molecule has 1 fully saturated rings. The van der Waals surface area contributed by atoms with Crippen molar-refractivity contribution in [2.45, 2.75) is 20.4 Å². The number of nitrogens with zero attached hydrogens (tertiary/aromatic N) is 4. The number of fused-ring (bicyclic) bond motifs is 1. The van der Waals surface area contributed by atoms with Crippen molar-refractivity contribution in [3.8, 4) is 0 Å². The predicted octanol–water partition coefficient (Wildman–Crippen LogP) is 3.35. The van der Waals surface area contributed by atoms with Gasteiger partial charge in [0.1, 0.15) is 0 Å². The fraction of sp³-hybridized carbons (Fsp3) is 0.368. The van der Waals surface area contributed by atoms with Crippen LogP contribution in [0.4, 0.5) is 5.69 Å². The Bertz CT molecular complexity index is 1000. The van der Waals surface area contributed by atoms with Crippen molar-refractivity contribution < 1.29 is 0 Å². The van der Waals surface area contributed by atoms with Gasteiger partial charge in [-0.2, -0.15) is 0 Å². The van der Waals surface area contributed by atoms with Gasteiger partial charge in [0, 0.05) is 60.6 Å². The second-order valence-corrected chi connectivity index (χ2v) is 8.05. The summed E-state index contributed by atoms with van der Waals surface area (Å²) in [6.45, 7) is 8.54. The highest BCUT2D eigenvalue weighted by Crippen LogP contribution is 2.25. The largest absolute Gasteiger partial charge is 0.369 e. The van der Waals surface area contributed by atoms with Gasteiger partial charge in [0.05, 0.1) is 5.69 Å². The molecule has 7 heteroatoms. The van der Waals surface area contributed by atoms with E-state index < -0.39 is 0 Å². The van der Waals surface area contributed by atoms with E-state index in [1.807, 2.05) is 24.4 Å². The number of anilines is 1. The molecule has 0 unspecified atom stereocenters. The summed E-state index contributed by atoms with van der Waals surface area (Å²) < 4.78 is 1.67. The number of thiazole rings is 1. The van der Waals surface area contributed by atoms with Gasteiger partial charge in [-0.1, -0.05) is 17.7 Å². The van der Waals surface area contributed by atoms with Crippen LogP contribution in [-0.2, 0) is 6.54 Å². The summed E-state index contributed by atoms with van der Waals surface area (Å²) >= 11 is 7.68. The van der Waals surface area contributed by atoms with E-state index in [-0.39, 0.29) is 5.56 Å². The highest BCUT2D eigenvalue weighted by Gasteiger charge is 2.19. The SMILES string of the molecule is Cc1ccc(Cl)cc1N1CCN(Cc2cc(=O)n3c(C)csc3n2)CC1. The summed E-state index contributed by atoms with van der Waals surface area (Å²) in [4.78, 5) is 22.5.